The van der Waals surface area contributed by atoms with Crippen LogP contribution < -0.4 is 4.72 Å². The molecule has 24 heavy (non-hydrogen) atoms. The number of sulfonamides is 1. The highest BCUT2D eigenvalue weighted by atomic mass is 79.9. The van der Waals surface area contributed by atoms with Gasteiger partial charge in [0.1, 0.15) is 0 Å². The highest BCUT2D eigenvalue weighted by molar-refractivity contribution is 9.10. The first-order chi connectivity index (χ1) is 11.3. The van der Waals surface area contributed by atoms with E-state index in [2.05, 4.69) is 25.6 Å². The van der Waals surface area contributed by atoms with E-state index in [0.29, 0.717) is 12.1 Å². The second-order valence-electron chi connectivity index (χ2n) is 5.94. The van der Waals surface area contributed by atoms with Gasteiger partial charge in [-0.2, -0.15) is 0 Å². The van der Waals surface area contributed by atoms with Gasteiger partial charge in [0.15, 0.2) is 0 Å². The van der Waals surface area contributed by atoms with Crippen LogP contribution in [0.25, 0.3) is 10.9 Å². The summed E-state index contributed by atoms with van der Waals surface area (Å²) >= 11 is 3.43. The van der Waals surface area contributed by atoms with E-state index >= 15 is 0 Å². The Morgan fingerprint density at radius 2 is 2.21 bits per heavy atom. The maximum atomic E-state index is 13.0. The number of amides is 1. The molecule has 1 aromatic heterocycles. The van der Waals surface area contributed by atoms with Gasteiger partial charge in [-0.05, 0) is 37.1 Å². The normalized spacial score (nSPS) is 18.2. The monoisotopic (exact) mass is 411 g/mol. The lowest BCUT2D eigenvalue weighted by atomic mass is 10.1. The maximum Gasteiger partial charge on any atom is 0.254 e. The summed E-state index contributed by atoms with van der Waals surface area (Å²) in [6, 6.07) is 7.23. The van der Waals surface area contributed by atoms with Crippen molar-refractivity contribution in [2.45, 2.75) is 18.9 Å². The quantitative estimate of drug-likeness (QED) is 0.835. The third-order valence-electron chi connectivity index (χ3n) is 4.15. The topological polar surface area (TPSA) is 79.4 Å². The average molecular weight is 412 g/mol. The van der Waals surface area contributed by atoms with Crippen molar-refractivity contribution in [1.82, 2.24) is 14.6 Å². The molecule has 2 heterocycles. The van der Waals surface area contributed by atoms with Crippen molar-refractivity contribution in [1.29, 1.82) is 0 Å². The van der Waals surface area contributed by atoms with E-state index in [0.717, 1.165) is 34.5 Å². The Labute approximate surface area is 149 Å². The number of carbonyl (C=O) groups is 1. The molecule has 1 N–H and O–H groups in total. The Balaban J connectivity index is 1.89. The Bertz CT molecular complexity index is 885. The Kier molecular flexibility index (Phi) is 4.89. The van der Waals surface area contributed by atoms with E-state index in [9.17, 15) is 13.2 Å². The van der Waals surface area contributed by atoms with Crippen LogP contribution in [0.15, 0.2) is 34.9 Å². The van der Waals surface area contributed by atoms with Gasteiger partial charge in [0, 0.05) is 35.2 Å². The van der Waals surface area contributed by atoms with Crippen LogP contribution in [0.5, 0.6) is 0 Å². The number of nitrogens with zero attached hydrogens (tertiary/aromatic N) is 2. The standard InChI is InChI=1S/C16H18BrN3O3S/c1-24(22,23)19-10-12-3-2-8-20(12)16(21)13-6-7-18-15-5-4-11(17)9-14(13)15/h4-7,9,12,19H,2-3,8,10H2,1H3. The van der Waals surface area contributed by atoms with Crippen molar-refractivity contribution in [2.24, 2.45) is 0 Å². The molecule has 3 rings (SSSR count). The third-order valence-corrected chi connectivity index (χ3v) is 5.34. The zero-order valence-electron chi connectivity index (χ0n) is 13.2. The molecule has 1 amide bonds. The number of fused-ring (bicyclic) bond motifs is 1. The van der Waals surface area contributed by atoms with Crippen LogP contribution in [-0.2, 0) is 10.0 Å². The largest absolute Gasteiger partial charge is 0.334 e. The fourth-order valence-electron chi connectivity index (χ4n) is 3.02. The van der Waals surface area contributed by atoms with Gasteiger partial charge in [0.2, 0.25) is 10.0 Å². The Morgan fingerprint density at radius 1 is 1.42 bits per heavy atom. The highest BCUT2D eigenvalue weighted by Crippen LogP contribution is 2.25. The first kappa shape index (κ1) is 17.3. The van der Waals surface area contributed by atoms with E-state index in [1.165, 1.54) is 0 Å². The molecule has 1 aliphatic rings. The Morgan fingerprint density at radius 3 is 2.96 bits per heavy atom. The number of likely N-dealkylation sites (tertiary alicyclic amines) is 1. The highest BCUT2D eigenvalue weighted by Gasteiger charge is 2.30. The molecule has 1 saturated heterocycles. The molecule has 6 nitrogen and oxygen atoms in total. The molecule has 1 aromatic carbocycles. The summed E-state index contributed by atoms with van der Waals surface area (Å²) in [5.74, 6) is -0.0849. The SMILES string of the molecule is CS(=O)(=O)NCC1CCCN1C(=O)c1ccnc2ccc(Br)cc12. The van der Waals surface area contributed by atoms with E-state index in [-0.39, 0.29) is 18.5 Å². The molecule has 0 radical (unpaired) electrons. The van der Waals surface area contributed by atoms with Crippen LogP contribution >= 0.6 is 15.9 Å². The predicted octanol–water partition coefficient (Wildman–Crippen LogP) is 2.15. The molecular weight excluding hydrogens is 394 g/mol. The molecule has 0 saturated carbocycles. The van der Waals surface area contributed by atoms with Crippen molar-refractivity contribution in [3.05, 3.63) is 40.5 Å². The summed E-state index contributed by atoms with van der Waals surface area (Å²) in [5, 5.41) is 0.790. The summed E-state index contributed by atoms with van der Waals surface area (Å²) in [6.07, 6.45) is 4.42. The maximum absolute atomic E-state index is 13.0. The minimum atomic E-state index is -3.27. The minimum Gasteiger partial charge on any atom is -0.334 e. The van der Waals surface area contributed by atoms with Gasteiger partial charge in [-0.15, -0.1) is 0 Å². The molecule has 1 aliphatic heterocycles. The zero-order valence-corrected chi connectivity index (χ0v) is 15.6. The number of rotatable bonds is 4. The van der Waals surface area contributed by atoms with E-state index in [1.54, 1.807) is 17.2 Å². The molecule has 128 valence electrons. The summed E-state index contributed by atoms with van der Waals surface area (Å²) in [5.41, 5.74) is 1.35. The lowest BCUT2D eigenvalue weighted by Gasteiger charge is -2.25. The van der Waals surface area contributed by atoms with Gasteiger partial charge >= 0.3 is 0 Å². The number of aromatic nitrogens is 1. The first-order valence-corrected chi connectivity index (χ1v) is 10.3. The summed E-state index contributed by atoms with van der Waals surface area (Å²) in [7, 11) is -3.27. The van der Waals surface area contributed by atoms with Crippen molar-refractivity contribution >= 4 is 42.8 Å². The molecule has 2 aromatic rings. The number of hydrogen-bond acceptors (Lipinski definition) is 4. The van der Waals surface area contributed by atoms with Crippen LogP contribution in [-0.4, -0.2) is 49.6 Å². The van der Waals surface area contributed by atoms with Crippen molar-refractivity contribution in [3.63, 3.8) is 0 Å². The average Bonchev–Trinajstić information content (AvgIpc) is 2.99. The third kappa shape index (κ3) is 3.76. The summed E-state index contributed by atoms with van der Waals surface area (Å²) in [6.45, 7) is 0.879. The van der Waals surface area contributed by atoms with Gasteiger partial charge in [-0.1, -0.05) is 15.9 Å². The number of carbonyl (C=O) groups excluding carboxylic acids is 1. The second-order valence-corrected chi connectivity index (χ2v) is 8.68. The van der Waals surface area contributed by atoms with Crippen LogP contribution in [0.3, 0.4) is 0 Å². The fraction of sp³-hybridized carbons (Fsp3) is 0.375. The second kappa shape index (κ2) is 6.78. The summed E-state index contributed by atoms with van der Waals surface area (Å²) < 4.78 is 26.0. The van der Waals surface area contributed by atoms with Gasteiger partial charge in [0.05, 0.1) is 17.3 Å². The predicted molar refractivity (Wildman–Crippen MR) is 96.3 cm³/mol. The van der Waals surface area contributed by atoms with Crippen LogP contribution in [0.4, 0.5) is 0 Å². The van der Waals surface area contributed by atoms with E-state index < -0.39 is 10.0 Å². The molecule has 0 bridgehead atoms. The minimum absolute atomic E-state index is 0.0849. The molecule has 1 fully saturated rings. The van der Waals surface area contributed by atoms with E-state index in [1.807, 2.05) is 18.2 Å². The van der Waals surface area contributed by atoms with Gasteiger partial charge in [-0.25, -0.2) is 13.1 Å². The molecular formula is C16H18BrN3O3S. The van der Waals surface area contributed by atoms with Crippen LogP contribution in [0, 0.1) is 0 Å². The van der Waals surface area contributed by atoms with E-state index in [4.69, 9.17) is 0 Å². The van der Waals surface area contributed by atoms with Crippen LogP contribution in [0.1, 0.15) is 23.2 Å². The first-order valence-electron chi connectivity index (χ1n) is 7.65. The number of benzene rings is 1. The zero-order chi connectivity index (χ0) is 17.3. The van der Waals surface area contributed by atoms with Crippen LogP contribution in [0.2, 0.25) is 0 Å². The smallest absolute Gasteiger partial charge is 0.254 e. The summed E-state index contributed by atoms with van der Waals surface area (Å²) in [4.78, 5) is 19.1. The Hall–Kier alpha value is -1.51. The number of pyridine rings is 1. The number of nitrogens with one attached hydrogen (secondary N) is 1. The molecule has 1 unspecified atom stereocenters. The number of halogens is 1. The van der Waals surface area contributed by atoms with Crippen molar-refractivity contribution < 1.29 is 13.2 Å². The molecule has 0 aliphatic carbocycles. The lowest BCUT2D eigenvalue weighted by molar-refractivity contribution is 0.0740. The molecule has 1 atom stereocenters. The van der Waals surface area contributed by atoms with Crippen molar-refractivity contribution in [2.75, 3.05) is 19.3 Å². The van der Waals surface area contributed by atoms with Gasteiger partial charge in [-0.3, -0.25) is 9.78 Å². The number of hydrogen-bond donors (Lipinski definition) is 1. The fourth-order valence-corrected chi connectivity index (χ4v) is 3.88. The van der Waals surface area contributed by atoms with Crippen molar-refractivity contribution in [3.8, 4) is 0 Å². The van der Waals surface area contributed by atoms with Gasteiger partial charge < -0.3 is 4.90 Å². The molecule has 8 heteroatoms. The lowest BCUT2D eigenvalue weighted by Crippen LogP contribution is -2.43. The molecule has 0 spiro atoms. The van der Waals surface area contributed by atoms with Gasteiger partial charge in [0.25, 0.3) is 5.91 Å².